The number of amides is 1. The van der Waals surface area contributed by atoms with E-state index in [0.717, 1.165) is 18.1 Å². The van der Waals surface area contributed by atoms with Crippen LogP contribution in [0.25, 0.3) is 0 Å². The van der Waals surface area contributed by atoms with Gasteiger partial charge in [0.25, 0.3) is 0 Å². The van der Waals surface area contributed by atoms with E-state index in [1.807, 2.05) is 32.5 Å². The number of carbonyl (C=O) groups is 1. The number of hydrogen-bond acceptors (Lipinski definition) is 3. The van der Waals surface area contributed by atoms with Crippen LogP contribution in [0, 0.1) is 5.41 Å². The molecule has 0 fully saturated rings. The second kappa shape index (κ2) is 6.30. The lowest BCUT2D eigenvalue weighted by Crippen LogP contribution is -2.36. The summed E-state index contributed by atoms with van der Waals surface area (Å²) in [5.74, 6) is 2.13. The summed E-state index contributed by atoms with van der Waals surface area (Å²) < 4.78 is 0. The van der Waals surface area contributed by atoms with Gasteiger partial charge in [0, 0.05) is 23.5 Å². The van der Waals surface area contributed by atoms with E-state index >= 15 is 0 Å². The van der Waals surface area contributed by atoms with E-state index in [4.69, 9.17) is 0 Å². The maximum Gasteiger partial charge on any atom is 0.225 e. The second-order valence-corrected chi connectivity index (χ2v) is 6.58. The third-order valence-corrected chi connectivity index (χ3v) is 3.82. The van der Waals surface area contributed by atoms with Gasteiger partial charge in [-0.25, -0.2) is 0 Å². The van der Waals surface area contributed by atoms with Crippen molar-refractivity contribution in [2.45, 2.75) is 26.5 Å². The van der Waals surface area contributed by atoms with Crippen LogP contribution in [0.1, 0.15) is 26.3 Å². The van der Waals surface area contributed by atoms with Gasteiger partial charge in [-0.2, -0.15) is 23.1 Å². The molecule has 16 heavy (non-hydrogen) atoms. The molecule has 90 valence electrons. The molecular formula is C12H19NOS2. The molecule has 0 atom stereocenters. The first-order chi connectivity index (χ1) is 7.50. The van der Waals surface area contributed by atoms with E-state index < -0.39 is 0 Å². The van der Waals surface area contributed by atoms with Gasteiger partial charge in [-0.3, -0.25) is 4.79 Å². The Bertz CT molecular complexity index is 314. The highest BCUT2D eigenvalue weighted by Crippen LogP contribution is 2.15. The van der Waals surface area contributed by atoms with Crippen LogP contribution in [-0.2, 0) is 10.5 Å². The smallest absolute Gasteiger partial charge is 0.225 e. The largest absolute Gasteiger partial charge is 0.355 e. The number of rotatable bonds is 5. The molecule has 1 rings (SSSR count). The summed E-state index contributed by atoms with van der Waals surface area (Å²) in [6.07, 6.45) is 0. The summed E-state index contributed by atoms with van der Waals surface area (Å²) in [5, 5.41) is 7.21. The summed E-state index contributed by atoms with van der Waals surface area (Å²) in [5.41, 5.74) is 1.09. The zero-order valence-electron chi connectivity index (χ0n) is 10.1. The van der Waals surface area contributed by atoms with Crippen LogP contribution in [0.5, 0.6) is 0 Å². The fourth-order valence-corrected chi connectivity index (χ4v) is 2.65. The van der Waals surface area contributed by atoms with Crippen molar-refractivity contribution in [1.29, 1.82) is 0 Å². The van der Waals surface area contributed by atoms with Crippen molar-refractivity contribution in [3.63, 3.8) is 0 Å². The first kappa shape index (κ1) is 13.6. The van der Waals surface area contributed by atoms with Gasteiger partial charge in [0.05, 0.1) is 0 Å². The Morgan fingerprint density at radius 2 is 2.25 bits per heavy atom. The number of thiophene rings is 1. The van der Waals surface area contributed by atoms with Gasteiger partial charge in [0.1, 0.15) is 0 Å². The predicted octanol–water partition coefficient (Wildman–Crippen LogP) is 3.14. The molecule has 0 aliphatic heterocycles. The SMILES string of the molecule is CC(C)(C)C(=O)NCCSCc1ccsc1. The van der Waals surface area contributed by atoms with E-state index in [1.165, 1.54) is 5.56 Å². The quantitative estimate of drug-likeness (QED) is 0.821. The van der Waals surface area contributed by atoms with Gasteiger partial charge in [0.2, 0.25) is 5.91 Å². The highest BCUT2D eigenvalue weighted by molar-refractivity contribution is 7.98. The molecule has 0 unspecified atom stereocenters. The minimum absolute atomic E-state index is 0.128. The molecule has 4 heteroatoms. The number of carbonyl (C=O) groups excluding carboxylic acids is 1. The van der Waals surface area contributed by atoms with Crippen LogP contribution < -0.4 is 5.32 Å². The molecule has 2 nitrogen and oxygen atoms in total. The van der Waals surface area contributed by atoms with Gasteiger partial charge in [-0.15, -0.1) is 0 Å². The lowest BCUT2D eigenvalue weighted by Gasteiger charge is -2.17. The van der Waals surface area contributed by atoms with Crippen LogP contribution in [0.4, 0.5) is 0 Å². The second-order valence-electron chi connectivity index (χ2n) is 4.69. The number of hydrogen-bond donors (Lipinski definition) is 1. The van der Waals surface area contributed by atoms with Crippen LogP contribution in [-0.4, -0.2) is 18.2 Å². The highest BCUT2D eigenvalue weighted by Gasteiger charge is 2.19. The van der Waals surface area contributed by atoms with Crippen LogP contribution in [0.2, 0.25) is 0 Å². The molecule has 0 aliphatic rings. The van der Waals surface area contributed by atoms with Gasteiger partial charge < -0.3 is 5.32 Å². The van der Waals surface area contributed by atoms with E-state index in [2.05, 4.69) is 22.1 Å². The molecule has 1 heterocycles. The first-order valence-electron chi connectivity index (χ1n) is 5.37. The Hall–Kier alpha value is -0.480. The fraction of sp³-hybridized carbons (Fsp3) is 0.583. The molecule has 1 aromatic heterocycles. The van der Waals surface area contributed by atoms with Crippen molar-refractivity contribution in [3.8, 4) is 0 Å². The molecule has 0 aromatic carbocycles. The zero-order chi connectivity index (χ0) is 12.0. The molecule has 1 amide bonds. The van der Waals surface area contributed by atoms with Crippen molar-refractivity contribution in [2.24, 2.45) is 5.41 Å². The topological polar surface area (TPSA) is 29.1 Å². The Morgan fingerprint density at radius 1 is 1.50 bits per heavy atom. The summed E-state index contributed by atoms with van der Waals surface area (Å²) in [7, 11) is 0. The van der Waals surface area contributed by atoms with Crippen molar-refractivity contribution in [2.75, 3.05) is 12.3 Å². The lowest BCUT2D eigenvalue weighted by atomic mass is 9.96. The monoisotopic (exact) mass is 257 g/mol. The fourth-order valence-electron chi connectivity index (χ4n) is 1.07. The minimum Gasteiger partial charge on any atom is -0.355 e. The van der Waals surface area contributed by atoms with Crippen LogP contribution in [0.3, 0.4) is 0 Å². The third-order valence-electron chi connectivity index (χ3n) is 2.06. The molecular weight excluding hydrogens is 238 g/mol. The van der Waals surface area contributed by atoms with Crippen molar-refractivity contribution < 1.29 is 4.79 Å². The molecule has 0 saturated carbocycles. The van der Waals surface area contributed by atoms with E-state index in [1.54, 1.807) is 11.3 Å². The van der Waals surface area contributed by atoms with E-state index in [0.29, 0.717) is 0 Å². The maximum absolute atomic E-state index is 11.5. The van der Waals surface area contributed by atoms with Crippen LogP contribution in [0.15, 0.2) is 16.8 Å². The molecule has 0 saturated heterocycles. The van der Waals surface area contributed by atoms with E-state index in [9.17, 15) is 4.79 Å². The van der Waals surface area contributed by atoms with Crippen molar-refractivity contribution in [1.82, 2.24) is 5.32 Å². The third kappa shape index (κ3) is 5.03. The summed E-state index contributed by atoms with van der Waals surface area (Å²) in [6.45, 7) is 6.55. The normalized spacial score (nSPS) is 11.4. The molecule has 0 spiro atoms. The molecule has 1 aromatic rings. The molecule has 0 radical (unpaired) electrons. The number of nitrogens with one attached hydrogen (secondary N) is 1. The zero-order valence-corrected chi connectivity index (χ0v) is 11.7. The molecule has 0 bridgehead atoms. The summed E-state index contributed by atoms with van der Waals surface area (Å²) in [4.78, 5) is 11.5. The van der Waals surface area contributed by atoms with Gasteiger partial charge in [0.15, 0.2) is 0 Å². The summed E-state index contributed by atoms with van der Waals surface area (Å²) in [6, 6.07) is 2.14. The van der Waals surface area contributed by atoms with E-state index in [-0.39, 0.29) is 11.3 Å². The standard InChI is InChI=1S/C12H19NOS2/c1-12(2,3)11(14)13-5-7-16-9-10-4-6-15-8-10/h4,6,8H,5,7,9H2,1-3H3,(H,13,14). The Kier molecular flexibility index (Phi) is 5.35. The Labute approximate surface area is 106 Å². The molecule has 1 N–H and O–H groups in total. The molecule has 0 aliphatic carbocycles. The lowest BCUT2D eigenvalue weighted by molar-refractivity contribution is -0.128. The average molecular weight is 257 g/mol. The van der Waals surface area contributed by atoms with Crippen molar-refractivity contribution >= 4 is 29.0 Å². The van der Waals surface area contributed by atoms with Gasteiger partial charge in [-0.05, 0) is 22.4 Å². The Balaban J connectivity index is 2.06. The summed E-state index contributed by atoms with van der Waals surface area (Å²) >= 11 is 3.58. The first-order valence-corrected chi connectivity index (χ1v) is 7.47. The minimum atomic E-state index is -0.280. The highest BCUT2D eigenvalue weighted by atomic mass is 32.2. The average Bonchev–Trinajstić information content (AvgIpc) is 2.68. The number of thioether (sulfide) groups is 1. The Morgan fingerprint density at radius 3 is 2.81 bits per heavy atom. The van der Waals surface area contributed by atoms with Crippen molar-refractivity contribution in [3.05, 3.63) is 22.4 Å². The van der Waals surface area contributed by atoms with Crippen LogP contribution >= 0.6 is 23.1 Å². The van der Waals surface area contributed by atoms with Gasteiger partial charge in [-0.1, -0.05) is 20.8 Å². The maximum atomic E-state index is 11.5. The van der Waals surface area contributed by atoms with Gasteiger partial charge >= 0.3 is 0 Å². The predicted molar refractivity (Wildman–Crippen MR) is 72.9 cm³/mol.